The lowest BCUT2D eigenvalue weighted by atomic mass is 9.79. The molecule has 0 spiro atoms. The minimum absolute atomic E-state index is 0.124. The summed E-state index contributed by atoms with van der Waals surface area (Å²) in [6.45, 7) is 8.03. The van der Waals surface area contributed by atoms with E-state index in [2.05, 4.69) is 6.92 Å². The van der Waals surface area contributed by atoms with Crippen LogP contribution < -0.4 is 4.74 Å². The number of rotatable bonds is 11. The van der Waals surface area contributed by atoms with Crippen molar-refractivity contribution in [1.29, 1.82) is 0 Å². The summed E-state index contributed by atoms with van der Waals surface area (Å²) < 4.78 is 18.0. The third-order valence-corrected chi connectivity index (χ3v) is 6.65. The maximum atomic E-state index is 13.1. The van der Waals surface area contributed by atoms with Gasteiger partial charge in [-0.05, 0) is 25.3 Å². The fourth-order valence-corrected chi connectivity index (χ4v) is 4.75. The van der Waals surface area contributed by atoms with Gasteiger partial charge in [0, 0.05) is 30.7 Å². The first kappa shape index (κ1) is 25.5. The second kappa shape index (κ2) is 10.9. The molecular formula is C25H34N2O7. The van der Waals surface area contributed by atoms with Gasteiger partial charge < -0.3 is 19.1 Å². The zero-order chi connectivity index (χ0) is 24.9. The maximum absolute atomic E-state index is 13.1. The lowest BCUT2D eigenvalue weighted by Gasteiger charge is -2.49. The summed E-state index contributed by atoms with van der Waals surface area (Å²) in [5.41, 5.74) is -0.561. The van der Waals surface area contributed by atoms with Gasteiger partial charge in [-0.25, -0.2) is 0 Å². The van der Waals surface area contributed by atoms with E-state index < -0.39 is 28.6 Å². The highest BCUT2D eigenvalue weighted by Gasteiger charge is 2.54. The zero-order valence-corrected chi connectivity index (χ0v) is 20.4. The number of ether oxygens (including phenoxy) is 3. The molecule has 1 aromatic carbocycles. The van der Waals surface area contributed by atoms with Gasteiger partial charge in [-0.2, -0.15) is 0 Å². The maximum Gasteiger partial charge on any atom is 0.303 e. The first-order valence-electron chi connectivity index (χ1n) is 12.0. The standard InChI is InChI=1S/C25H34N2O7/c1-5-8-9-10-13-32-19-15-22(29)26(16-19)23-20-14-18(27(30)31)11-12-21(20)34-25(6-2,7-3)24(23)33-17(4)28/h11-12,14-15,23-24H,5-10,13,16H2,1-4H3/t23-,24+/m1/s1. The van der Waals surface area contributed by atoms with E-state index in [0.717, 1.165) is 25.7 Å². The Kier molecular flexibility index (Phi) is 8.17. The highest BCUT2D eigenvalue weighted by molar-refractivity contribution is 5.91. The quantitative estimate of drug-likeness (QED) is 0.195. The summed E-state index contributed by atoms with van der Waals surface area (Å²) in [7, 11) is 0. The minimum atomic E-state index is -0.885. The number of hydrogen-bond acceptors (Lipinski definition) is 7. The number of carbonyl (C=O) groups is 2. The molecule has 3 rings (SSSR count). The zero-order valence-electron chi connectivity index (χ0n) is 20.4. The van der Waals surface area contributed by atoms with Crippen LogP contribution in [0.5, 0.6) is 5.75 Å². The average Bonchev–Trinajstić information content (AvgIpc) is 3.17. The number of nitrogens with zero attached hydrogens (tertiary/aromatic N) is 2. The summed E-state index contributed by atoms with van der Waals surface area (Å²) in [6, 6.07) is 3.59. The minimum Gasteiger partial charge on any atom is -0.496 e. The molecule has 0 bridgehead atoms. The molecule has 0 radical (unpaired) electrons. The van der Waals surface area contributed by atoms with E-state index in [-0.39, 0.29) is 18.1 Å². The van der Waals surface area contributed by atoms with Crippen LogP contribution in [0.4, 0.5) is 5.69 Å². The Labute approximate surface area is 200 Å². The van der Waals surface area contributed by atoms with Crippen LogP contribution in [0.25, 0.3) is 0 Å². The molecule has 0 unspecified atom stereocenters. The number of nitro groups is 1. The van der Waals surface area contributed by atoms with Crippen LogP contribution in [0, 0.1) is 10.1 Å². The Morgan fingerprint density at radius 3 is 2.59 bits per heavy atom. The van der Waals surface area contributed by atoms with Gasteiger partial charge in [-0.3, -0.25) is 19.7 Å². The number of amides is 1. The first-order valence-corrected chi connectivity index (χ1v) is 12.0. The molecule has 0 aliphatic carbocycles. The van der Waals surface area contributed by atoms with Gasteiger partial charge >= 0.3 is 5.97 Å². The van der Waals surface area contributed by atoms with Crippen LogP contribution >= 0.6 is 0 Å². The SMILES string of the molecule is CCCCCCOC1=CC(=O)N([C@@H]2c3cc([N+](=O)[O-])ccc3OC(CC)(CC)[C@H]2OC(C)=O)C1. The molecule has 1 amide bonds. The monoisotopic (exact) mass is 474 g/mol. The Hall–Kier alpha value is -3.10. The van der Waals surface area contributed by atoms with Crippen molar-refractivity contribution < 1.29 is 28.7 Å². The van der Waals surface area contributed by atoms with Crippen molar-refractivity contribution in [3.05, 3.63) is 45.7 Å². The summed E-state index contributed by atoms with van der Waals surface area (Å²) in [4.78, 5) is 37.8. The molecule has 0 N–H and O–H groups in total. The fraction of sp³-hybridized carbons (Fsp3) is 0.600. The smallest absolute Gasteiger partial charge is 0.303 e. The van der Waals surface area contributed by atoms with Gasteiger partial charge in [0.2, 0.25) is 0 Å². The van der Waals surface area contributed by atoms with Crippen LogP contribution in [-0.4, -0.2) is 46.6 Å². The lowest BCUT2D eigenvalue weighted by Crippen LogP contribution is -2.58. The van der Waals surface area contributed by atoms with Gasteiger partial charge in [0.05, 0.1) is 18.1 Å². The number of hydrogen-bond donors (Lipinski definition) is 0. The van der Waals surface area contributed by atoms with E-state index in [0.29, 0.717) is 36.5 Å². The molecule has 34 heavy (non-hydrogen) atoms. The Morgan fingerprint density at radius 1 is 1.24 bits per heavy atom. The number of unbranched alkanes of at least 4 members (excludes halogenated alkanes) is 3. The molecule has 186 valence electrons. The van der Waals surface area contributed by atoms with Crippen molar-refractivity contribution >= 4 is 17.6 Å². The van der Waals surface area contributed by atoms with Crippen LogP contribution in [0.3, 0.4) is 0 Å². The summed E-state index contributed by atoms with van der Waals surface area (Å²) in [6.07, 6.45) is 5.87. The normalized spacial score (nSPS) is 20.9. The van der Waals surface area contributed by atoms with Gasteiger partial charge in [-0.15, -0.1) is 0 Å². The number of esters is 1. The third kappa shape index (κ3) is 5.18. The van der Waals surface area contributed by atoms with E-state index in [1.54, 1.807) is 11.0 Å². The molecule has 0 saturated carbocycles. The average molecular weight is 475 g/mol. The molecule has 2 aliphatic rings. The van der Waals surface area contributed by atoms with Crippen molar-refractivity contribution in [1.82, 2.24) is 4.90 Å². The molecule has 0 saturated heterocycles. The number of carbonyl (C=O) groups excluding carboxylic acids is 2. The first-order chi connectivity index (χ1) is 16.3. The largest absolute Gasteiger partial charge is 0.496 e. The summed E-state index contributed by atoms with van der Waals surface area (Å²) >= 11 is 0. The van der Waals surface area contributed by atoms with Crippen molar-refractivity contribution in [2.45, 2.75) is 84.0 Å². The molecule has 2 atom stereocenters. The summed E-state index contributed by atoms with van der Waals surface area (Å²) in [5, 5.41) is 11.5. The molecule has 0 fully saturated rings. The molecule has 0 aromatic heterocycles. The molecule has 2 aliphatic heterocycles. The van der Waals surface area contributed by atoms with Crippen molar-refractivity contribution in [3.8, 4) is 5.75 Å². The van der Waals surface area contributed by atoms with Crippen molar-refractivity contribution in [2.24, 2.45) is 0 Å². The van der Waals surface area contributed by atoms with Crippen molar-refractivity contribution in [3.63, 3.8) is 0 Å². The van der Waals surface area contributed by atoms with E-state index >= 15 is 0 Å². The molecule has 9 heteroatoms. The van der Waals surface area contributed by atoms with Crippen molar-refractivity contribution in [2.75, 3.05) is 13.2 Å². The highest BCUT2D eigenvalue weighted by Crippen LogP contribution is 2.49. The second-order valence-corrected chi connectivity index (χ2v) is 8.81. The predicted octanol–water partition coefficient (Wildman–Crippen LogP) is 4.84. The van der Waals surface area contributed by atoms with Gasteiger partial charge in [0.15, 0.2) is 6.10 Å². The van der Waals surface area contributed by atoms with Crippen LogP contribution in [0.15, 0.2) is 30.0 Å². The Balaban J connectivity index is 1.98. The van der Waals surface area contributed by atoms with Gasteiger partial charge in [0.1, 0.15) is 23.2 Å². The fourth-order valence-electron chi connectivity index (χ4n) is 4.75. The van der Waals surface area contributed by atoms with Crippen LogP contribution in [0.1, 0.15) is 77.8 Å². The number of nitro benzene ring substituents is 1. The number of benzene rings is 1. The topological polar surface area (TPSA) is 108 Å². The second-order valence-electron chi connectivity index (χ2n) is 8.81. The highest BCUT2D eigenvalue weighted by atomic mass is 16.6. The Bertz CT molecular complexity index is 955. The molecule has 9 nitrogen and oxygen atoms in total. The molecule has 1 aromatic rings. The van der Waals surface area contributed by atoms with E-state index in [1.165, 1.54) is 25.1 Å². The number of non-ortho nitro benzene ring substituents is 1. The van der Waals surface area contributed by atoms with Crippen LogP contribution in [0.2, 0.25) is 0 Å². The predicted molar refractivity (Wildman–Crippen MR) is 125 cm³/mol. The number of fused-ring (bicyclic) bond motifs is 1. The van der Waals surface area contributed by atoms with Gasteiger partial charge in [0.25, 0.3) is 11.6 Å². The Morgan fingerprint density at radius 2 is 1.97 bits per heavy atom. The molecular weight excluding hydrogens is 440 g/mol. The summed E-state index contributed by atoms with van der Waals surface area (Å²) in [5.74, 6) is 0.196. The van der Waals surface area contributed by atoms with E-state index in [4.69, 9.17) is 14.2 Å². The lowest BCUT2D eigenvalue weighted by molar-refractivity contribution is -0.385. The third-order valence-electron chi connectivity index (χ3n) is 6.65. The van der Waals surface area contributed by atoms with Gasteiger partial charge in [-0.1, -0.05) is 40.0 Å². The van der Waals surface area contributed by atoms with E-state index in [1.807, 2.05) is 13.8 Å². The molecule has 2 heterocycles. The van der Waals surface area contributed by atoms with Crippen LogP contribution in [-0.2, 0) is 19.1 Å². The van der Waals surface area contributed by atoms with E-state index in [9.17, 15) is 19.7 Å².